The second-order valence-corrected chi connectivity index (χ2v) is 3.02. The summed E-state index contributed by atoms with van der Waals surface area (Å²) in [6.45, 7) is 0. The minimum absolute atomic E-state index is 0.363. The number of aromatic amines is 1. The summed E-state index contributed by atoms with van der Waals surface area (Å²) in [4.78, 5) is 14.1. The zero-order valence-corrected chi connectivity index (χ0v) is 8.00. The van der Waals surface area contributed by atoms with Crippen molar-refractivity contribution < 1.29 is 9.53 Å². The zero-order valence-electron chi connectivity index (χ0n) is 7.24. The van der Waals surface area contributed by atoms with Crippen molar-refractivity contribution in [3.8, 4) is 0 Å². The molecule has 6 heteroatoms. The van der Waals surface area contributed by atoms with Crippen molar-refractivity contribution in [2.75, 3.05) is 7.11 Å². The van der Waals surface area contributed by atoms with E-state index in [9.17, 15) is 4.79 Å². The molecule has 0 saturated heterocycles. The SMILES string of the molecule is COC(=O)c1c[nH]c2nncc(Cl)c12. The Balaban J connectivity index is 2.73. The maximum Gasteiger partial charge on any atom is 0.340 e. The summed E-state index contributed by atoms with van der Waals surface area (Å²) in [6.07, 6.45) is 2.88. The molecule has 0 aliphatic carbocycles. The molecule has 2 aromatic rings. The van der Waals surface area contributed by atoms with E-state index in [1.165, 1.54) is 19.5 Å². The average Bonchev–Trinajstić information content (AvgIpc) is 2.62. The van der Waals surface area contributed by atoms with Gasteiger partial charge in [0.05, 0.1) is 29.3 Å². The fourth-order valence-corrected chi connectivity index (χ4v) is 1.44. The second-order valence-electron chi connectivity index (χ2n) is 2.61. The van der Waals surface area contributed by atoms with Crippen molar-refractivity contribution in [3.63, 3.8) is 0 Å². The molecule has 0 amide bonds. The van der Waals surface area contributed by atoms with E-state index in [2.05, 4.69) is 19.9 Å². The molecule has 0 saturated carbocycles. The third kappa shape index (κ3) is 1.22. The molecule has 0 unspecified atom stereocenters. The molecule has 0 bridgehead atoms. The normalized spacial score (nSPS) is 10.4. The fourth-order valence-electron chi connectivity index (χ4n) is 1.21. The Kier molecular flexibility index (Phi) is 2.09. The Hall–Kier alpha value is -1.62. The van der Waals surface area contributed by atoms with Crippen molar-refractivity contribution >= 4 is 28.6 Å². The molecular weight excluding hydrogens is 206 g/mol. The van der Waals surface area contributed by atoms with Gasteiger partial charge in [0.15, 0.2) is 5.65 Å². The number of rotatable bonds is 1. The average molecular weight is 212 g/mol. The molecule has 0 radical (unpaired) electrons. The Morgan fingerprint density at radius 3 is 3.14 bits per heavy atom. The topological polar surface area (TPSA) is 67.9 Å². The maximum absolute atomic E-state index is 11.3. The van der Waals surface area contributed by atoms with Crippen LogP contribution >= 0.6 is 11.6 Å². The van der Waals surface area contributed by atoms with Gasteiger partial charge in [-0.25, -0.2) is 4.79 Å². The predicted molar refractivity (Wildman–Crippen MR) is 50.2 cm³/mol. The summed E-state index contributed by atoms with van der Waals surface area (Å²) in [6, 6.07) is 0. The molecule has 2 rings (SSSR count). The first-order valence-electron chi connectivity index (χ1n) is 3.80. The van der Waals surface area contributed by atoms with Crippen LogP contribution in [0.15, 0.2) is 12.4 Å². The number of fused-ring (bicyclic) bond motifs is 1. The van der Waals surface area contributed by atoms with Crippen LogP contribution in [0.4, 0.5) is 0 Å². The molecule has 0 atom stereocenters. The Labute approximate surface area is 84.0 Å². The van der Waals surface area contributed by atoms with Crippen molar-refractivity contribution in [2.45, 2.75) is 0 Å². The summed E-state index contributed by atoms with van der Waals surface area (Å²) < 4.78 is 4.59. The Morgan fingerprint density at radius 1 is 1.64 bits per heavy atom. The standard InChI is InChI=1S/C8H6ClN3O2/c1-14-8(13)4-2-10-7-6(4)5(9)3-11-12-7/h2-3H,1H3,(H,10,12). The molecule has 72 valence electrons. The number of halogens is 1. The number of ether oxygens (including phenoxy) is 1. The molecule has 5 nitrogen and oxygen atoms in total. The summed E-state index contributed by atoms with van der Waals surface area (Å²) in [5.41, 5.74) is 0.834. The van der Waals surface area contributed by atoms with Crippen LogP contribution in [0.3, 0.4) is 0 Å². The fraction of sp³-hybridized carbons (Fsp3) is 0.125. The number of nitrogens with one attached hydrogen (secondary N) is 1. The predicted octanol–water partition coefficient (Wildman–Crippen LogP) is 1.40. The molecule has 0 fully saturated rings. The number of carbonyl (C=O) groups is 1. The first-order chi connectivity index (χ1) is 6.74. The molecule has 0 aliphatic rings. The number of esters is 1. The molecule has 1 N–H and O–H groups in total. The van der Waals surface area contributed by atoms with Crippen molar-refractivity contribution in [3.05, 3.63) is 23.0 Å². The molecular formula is C8H6ClN3O2. The molecule has 14 heavy (non-hydrogen) atoms. The van der Waals surface area contributed by atoms with Crippen LogP contribution in [-0.2, 0) is 4.74 Å². The van der Waals surface area contributed by atoms with Gasteiger partial charge < -0.3 is 9.72 Å². The first-order valence-corrected chi connectivity index (χ1v) is 4.18. The van der Waals surface area contributed by atoms with Gasteiger partial charge in [-0.2, -0.15) is 5.10 Å². The third-order valence-electron chi connectivity index (χ3n) is 1.83. The van der Waals surface area contributed by atoms with E-state index < -0.39 is 5.97 Å². The number of hydrogen-bond acceptors (Lipinski definition) is 4. The maximum atomic E-state index is 11.3. The first kappa shape index (κ1) is 8.96. The van der Waals surface area contributed by atoms with Gasteiger partial charge in [0.25, 0.3) is 0 Å². The molecule has 0 aromatic carbocycles. The van der Waals surface area contributed by atoms with Crippen molar-refractivity contribution in [2.24, 2.45) is 0 Å². The van der Waals surface area contributed by atoms with E-state index in [1.807, 2.05) is 0 Å². The van der Waals surface area contributed by atoms with E-state index >= 15 is 0 Å². The van der Waals surface area contributed by atoms with Crippen LogP contribution in [0.2, 0.25) is 5.02 Å². The van der Waals surface area contributed by atoms with Gasteiger partial charge in [-0.1, -0.05) is 11.6 Å². The zero-order chi connectivity index (χ0) is 10.1. The summed E-state index contributed by atoms with van der Waals surface area (Å²) in [7, 11) is 1.31. The van der Waals surface area contributed by atoms with E-state index in [0.29, 0.717) is 21.6 Å². The minimum atomic E-state index is -0.453. The largest absolute Gasteiger partial charge is 0.465 e. The highest BCUT2D eigenvalue weighted by Crippen LogP contribution is 2.24. The van der Waals surface area contributed by atoms with Gasteiger partial charge in [0, 0.05) is 6.20 Å². The molecule has 2 heterocycles. The summed E-state index contributed by atoms with van der Waals surface area (Å²) >= 11 is 5.87. The van der Waals surface area contributed by atoms with Gasteiger partial charge in [-0.05, 0) is 0 Å². The lowest BCUT2D eigenvalue weighted by Crippen LogP contribution is -1.99. The van der Waals surface area contributed by atoms with Gasteiger partial charge in [-0.15, -0.1) is 5.10 Å². The Bertz CT molecular complexity index is 494. The van der Waals surface area contributed by atoms with Gasteiger partial charge in [-0.3, -0.25) is 0 Å². The highest BCUT2D eigenvalue weighted by Gasteiger charge is 2.15. The number of H-pyrrole nitrogens is 1. The lowest BCUT2D eigenvalue weighted by Gasteiger charge is -1.96. The van der Waals surface area contributed by atoms with Crippen LogP contribution in [0.25, 0.3) is 11.0 Å². The lowest BCUT2D eigenvalue weighted by molar-refractivity contribution is 0.0603. The minimum Gasteiger partial charge on any atom is -0.465 e. The van der Waals surface area contributed by atoms with Crippen LogP contribution < -0.4 is 0 Å². The number of aromatic nitrogens is 3. The quantitative estimate of drug-likeness (QED) is 0.724. The molecule has 0 spiro atoms. The van der Waals surface area contributed by atoms with Crippen LogP contribution in [-0.4, -0.2) is 28.3 Å². The van der Waals surface area contributed by atoms with Gasteiger partial charge >= 0.3 is 5.97 Å². The van der Waals surface area contributed by atoms with E-state index in [4.69, 9.17) is 11.6 Å². The number of methoxy groups -OCH3 is 1. The monoisotopic (exact) mass is 211 g/mol. The summed E-state index contributed by atoms with van der Waals surface area (Å²) in [5, 5.41) is 8.33. The number of hydrogen-bond donors (Lipinski definition) is 1. The van der Waals surface area contributed by atoms with E-state index in [1.54, 1.807) is 0 Å². The summed E-state index contributed by atoms with van der Waals surface area (Å²) in [5.74, 6) is -0.453. The van der Waals surface area contributed by atoms with Crippen LogP contribution in [0, 0.1) is 0 Å². The number of carbonyl (C=O) groups excluding carboxylic acids is 1. The highest BCUT2D eigenvalue weighted by atomic mass is 35.5. The third-order valence-corrected chi connectivity index (χ3v) is 2.12. The van der Waals surface area contributed by atoms with Crippen LogP contribution in [0.1, 0.15) is 10.4 Å². The van der Waals surface area contributed by atoms with Gasteiger partial charge in [0.1, 0.15) is 0 Å². The molecule has 2 aromatic heterocycles. The second kappa shape index (κ2) is 3.26. The van der Waals surface area contributed by atoms with Gasteiger partial charge in [0.2, 0.25) is 0 Å². The molecule has 0 aliphatic heterocycles. The lowest BCUT2D eigenvalue weighted by atomic mass is 10.2. The number of nitrogens with zero attached hydrogens (tertiary/aromatic N) is 2. The van der Waals surface area contributed by atoms with Crippen LogP contribution in [0.5, 0.6) is 0 Å². The van der Waals surface area contributed by atoms with E-state index in [0.717, 1.165) is 0 Å². The Morgan fingerprint density at radius 2 is 2.43 bits per heavy atom. The van der Waals surface area contributed by atoms with E-state index in [-0.39, 0.29) is 0 Å². The highest BCUT2D eigenvalue weighted by molar-refractivity contribution is 6.36. The smallest absolute Gasteiger partial charge is 0.340 e. The van der Waals surface area contributed by atoms with Crippen molar-refractivity contribution in [1.82, 2.24) is 15.2 Å². The van der Waals surface area contributed by atoms with Crippen molar-refractivity contribution in [1.29, 1.82) is 0 Å².